The van der Waals surface area contributed by atoms with Crippen LogP contribution >= 0.6 is 0 Å². The number of nitro benzene ring substituents is 2. The number of azo groups is 2. The fraction of sp³-hybridized carbons (Fsp3) is 0.143. The van der Waals surface area contributed by atoms with Crippen molar-refractivity contribution in [2.75, 3.05) is 38.0 Å². The number of nitro groups is 2. The van der Waals surface area contributed by atoms with Crippen molar-refractivity contribution in [3.05, 3.63) is 93.0 Å². The van der Waals surface area contributed by atoms with Gasteiger partial charge < -0.3 is 30.2 Å². The Balaban J connectivity index is 0.000000307. The molecule has 0 unspecified atom stereocenters. The third-order valence-corrected chi connectivity index (χ3v) is 5.82. The fourth-order valence-electron chi connectivity index (χ4n) is 3.38. The zero-order valence-corrected chi connectivity index (χ0v) is 25.3. The molecule has 0 aromatic heterocycles. The summed E-state index contributed by atoms with van der Waals surface area (Å²) >= 11 is 0. The molecule has 45 heavy (non-hydrogen) atoms. The number of rotatable bonds is 8. The van der Waals surface area contributed by atoms with E-state index in [2.05, 4.69) is 20.5 Å². The van der Waals surface area contributed by atoms with Crippen molar-refractivity contribution in [1.82, 2.24) is 0 Å². The fourth-order valence-corrected chi connectivity index (χ4v) is 3.38. The summed E-state index contributed by atoms with van der Waals surface area (Å²) in [4.78, 5) is 23.8. The number of anilines is 2. The first-order valence-electron chi connectivity index (χ1n) is 12.6. The molecule has 4 aromatic rings. The molecule has 0 bridgehead atoms. The third-order valence-electron chi connectivity index (χ3n) is 5.82. The van der Waals surface area contributed by atoms with Gasteiger partial charge in [0.15, 0.2) is 0 Å². The van der Waals surface area contributed by atoms with Crippen LogP contribution in [0.15, 0.2) is 93.3 Å². The van der Waals surface area contributed by atoms with Gasteiger partial charge in [0, 0.05) is 92.7 Å². The molecule has 17 heteroatoms. The summed E-state index contributed by atoms with van der Waals surface area (Å²) in [5.41, 5.74) is 1.44. The van der Waals surface area contributed by atoms with Crippen molar-refractivity contribution in [2.24, 2.45) is 20.5 Å². The summed E-state index contributed by atoms with van der Waals surface area (Å²) in [6.45, 7) is 0. The summed E-state index contributed by atoms with van der Waals surface area (Å²) < 4.78 is 0. The maximum Gasteiger partial charge on any atom is 0.271 e. The zero-order valence-electron chi connectivity index (χ0n) is 24.3. The summed E-state index contributed by atoms with van der Waals surface area (Å²) in [7, 11) is 7.32. The number of nitrogens with zero attached hydrogens (tertiary/aromatic N) is 8. The quantitative estimate of drug-likeness (QED) is 0.0860. The van der Waals surface area contributed by atoms with Crippen molar-refractivity contribution < 1.29 is 47.1 Å². The van der Waals surface area contributed by atoms with Gasteiger partial charge in [0.1, 0.15) is 45.7 Å². The first-order chi connectivity index (χ1) is 20.8. The monoisotopic (exact) mass is 663 g/mol. The Hall–Kier alpha value is -5.81. The molecule has 0 heterocycles. The van der Waals surface area contributed by atoms with E-state index in [0.29, 0.717) is 0 Å². The standard InChI is InChI=1S/2C14H14N4O4.Co/c2*1-17(2)9-3-5-11(14(20)8-9)15-16-12-7-10(18(21)22)4-6-13(12)19;/h2*3-8,19-20H,1-2H3;. The molecular weight excluding hydrogens is 635 g/mol. The van der Waals surface area contributed by atoms with E-state index < -0.39 is 9.85 Å². The molecule has 0 amide bonds. The Morgan fingerprint density at radius 1 is 0.511 bits per heavy atom. The van der Waals surface area contributed by atoms with Gasteiger partial charge in [-0.3, -0.25) is 20.2 Å². The number of phenolic OH excluding ortho intramolecular Hbond substituents is 4. The molecule has 16 nitrogen and oxygen atoms in total. The van der Waals surface area contributed by atoms with E-state index in [4.69, 9.17) is 0 Å². The minimum atomic E-state index is -0.595. The van der Waals surface area contributed by atoms with Crippen molar-refractivity contribution >= 4 is 45.5 Å². The van der Waals surface area contributed by atoms with Crippen LogP contribution in [0.3, 0.4) is 0 Å². The average Bonchev–Trinajstić information content (AvgIpc) is 2.97. The SMILES string of the molecule is CN(C)c1ccc(N=Nc2cc([N+](=O)[O-])ccc2O)c(O)c1.CN(C)c1ccc(N=Nc2cc([N+](=O)[O-])ccc2O)c(O)c1.[Co]. The Morgan fingerprint density at radius 3 is 1.13 bits per heavy atom. The molecule has 0 saturated carbocycles. The number of benzene rings is 4. The van der Waals surface area contributed by atoms with Gasteiger partial charge in [-0.25, -0.2) is 0 Å². The van der Waals surface area contributed by atoms with Crippen LogP contribution in [0.5, 0.6) is 23.0 Å². The van der Waals surface area contributed by atoms with Crippen LogP contribution in [-0.2, 0) is 16.8 Å². The summed E-state index contributed by atoms with van der Waals surface area (Å²) in [6.07, 6.45) is 0. The maximum absolute atomic E-state index is 10.7. The molecule has 0 atom stereocenters. The number of hydrogen-bond acceptors (Lipinski definition) is 14. The van der Waals surface area contributed by atoms with E-state index >= 15 is 0 Å². The number of phenols is 4. The normalized spacial score (nSPS) is 10.6. The second kappa shape index (κ2) is 15.6. The van der Waals surface area contributed by atoms with E-state index in [1.54, 1.807) is 24.3 Å². The molecule has 4 rings (SSSR count). The van der Waals surface area contributed by atoms with E-state index in [1.807, 2.05) is 38.0 Å². The van der Waals surface area contributed by atoms with Crippen LogP contribution in [0.1, 0.15) is 0 Å². The molecule has 0 aliphatic rings. The second-order valence-corrected chi connectivity index (χ2v) is 9.40. The molecule has 0 aliphatic carbocycles. The van der Waals surface area contributed by atoms with Gasteiger partial charge in [-0.05, 0) is 36.4 Å². The van der Waals surface area contributed by atoms with Crippen molar-refractivity contribution in [1.29, 1.82) is 0 Å². The van der Waals surface area contributed by atoms with Gasteiger partial charge in [-0.15, -0.1) is 20.5 Å². The molecule has 0 aliphatic heterocycles. The van der Waals surface area contributed by atoms with E-state index in [-0.39, 0.29) is 73.9 Å². The molecular formula is C28H28CoN8O8. The van der Waals surface area contributed by atoms with Crippen LogP contribution in [0, 0.1) is 20.2 Å². The smallest absolute Gasteiger partial charge is 0.271 e. The zero-order chi connectivity index (χ0) is 32.6. The Bertz CT molecular complexity index is 1620. The summed E-state index contributed by atoms with van der Waals surface area (Å²) in [5.74, 6) is -0.641. The first kappa shape index (κ1) is 35.4. The van der Waals surface area contributed by atoms with Crippen LogP contribution in [-0.4, -0.2) is 58.5 Å². The van der Waals surface area contributed by atoms with Gasteiger partial charge in [-0.2, -0.15) is 0 Å². The van der Waals surface area contributed by atoms with E-state index in [0.717, 1.165) is 35.6 Å². The molecule has 4 N–H and O–H groups in total. The van der Waals surface area contributed by atoms with Crippen LogP contribution in [0.25, 0.3) is 0 Å². The third kappa shape index (κ3) is 9.60. The van der Waals surface area contributed by atoms with Gasteiger partial charge in [-0.1, -0.05) is 0 Å². The summed E-state index contributed by atoms with van der Waals surface area (Å²) in [5, 5.41) is 75.6. The first-order valence-corrected chi connectivity index (χ1v) is 12.6. The largest absolute Gasteiger partial charge is 0.506 e. The number of aromatic hydroxyl groups is 4. The van der Waals surface area contributed by atoms with Gasteiger partial charge in [0.2, 0.25) is 0 Å². The second-order valence-electron chi connectivity index (χ2n) is 9.40. The Labute approximate surface area is 266 Å². The van der Waals surface area contributed by atoms with Gasteiger partial charge in [0.05, 0.1) is 9.85 Å². The molecule has 4 aromatic carbocycles. The predicted octanol–water partition coefficient (Wildman–Crippen LogP) is 6.97. The minimum absolute atomic E-state index is 0. The van der Waals surface area contributed by atoms with Crippen molar-refractivity contribution in [2.45, 2.75) is 0 Å². The van der Waals surface area contributed by atoms with Crippen LogP contribution < -0.4 is 9.80 Å². The molecule has 237 valence electrons. The molecule has 1 radical (unpaired) electrons. The average molecular weight is 664 g/mol. The molecule has 0 spiro atoms. The van der Waals surface area contributed by atoms with E-state index in [9.17, 15) is 40.7 Å². The van der Waals surface area contributed by atoms with Crippen LogP contribution in [0.2, 0.25) is 0 Å². The minimum Gasteiger partial charge on any atom is -0.506 e. The maximum atomic E-state index is 10.7. The van der Waals surface area contributed by atoms with Crippen molar-refractivity contribution in [3.8, 4) is 23.0 Å². The Kier molecular flexibility index (Phi) is 12.3. The number of hydrogen-bond donors (Lipinski definition) is 4. The van der Waals surface area contributed by atoms with Crippen LogP contribution in [0.4, 0.5) is 45.5 Å². The predicted molar refractivity (Wildman–Crippen MR) is 163 cm³/mol. The Morgan fingerprint density at radius 2 is 0.844 bits per heavy atom. The molecule has 0 saturated heterocycles. The van der Waals surface area contributed by atoms with Gasteiger partial charge >= 0.3 is 0 Å². The topological polar surface area (TPSA) is 223 Å². The van der Waals surface area contributed by atoms with Crippen molar-refractivity contribution in [3.63, 3.8) is 0 Å². The van der Waals surface area contributed by atoms with Gasteiger partial charge in [0.25, 0.3) is 11.4 Å². The number of non-ortho nitro benzene ring substituents is 2. The van der Waals surface area contributed by atoms with E-state index in [1.165, 1.54) is 24.3 Å². The summed E-state index contributed by atoms with van der Waals surface area (Å²) in [6, 6.07) is 16.5. The molecule has 0 fully saturated rings.